The summed E-state index contributed by atoms with van der Waals surface area (Å²) in [7, 11) is 0. The first-order valence-corrected chi connectivity index (χ1v) is 7.33. The van der Waals surface area contributed by atoms with E-state index in [1.165, 1.54) is 11.3 Å². The zero-order valence-corrected chi connectivity index (χ0v) is 12.3. The number of thiazole rings is 1. The first-order chi connectivity index (χ1) is 9.24. The molecule has 0 atom stereocenters. The molecule has 0 saturated heterocycles. The van der Waals surface area contributed by atoms with E-state index in [9.17, 15) is 4.79 Å². The van der Waals surface area contributed by atoms with Crippen molar-refractivity contribution in [3.63, 3.8) is 0 Å². The number of nitrogens with zero attached hydrogens (tertiary/aromatic N) is 2. The highest BCUT2D eigenvalue weighted by Gasteiger charge is 2.15. The molecule has 0 spiro atoms. The number of amides is 1. The Balaban J connectivity index is 1.83. The highest BCUT2D eigenvalue weighted by Crippen LogP contribution is 2.31. The van der Waals surface area contributed by atoms with Crippen LogP contribution in [-0.2, 0) is 9.53 Å². The minimum atomic E-state index is -0.105. The largest absolute Gasteiger partial charge is 0.377 e. The third-order valence-electron chi connectivity index (χ3n) is 2.73. The van der Waals surface area contributed by atoms with E-state index in [1.54, 1.807) is 12.4 Å². The van der Waals surface area contributed by atoms with E-state index in [4.69, 9.17) is 4.74 Å². The Morgan fingerprint density at radius 3 is 3.11 bits per heavy atom. The number of hydrogen-bond donors (Lipinski definition) is 1. The van der Waals surface area contributed by atoms with Crippen molar-refractivity contribution in [1.82, 2.24) is 9.97 Å². The minimum absolute atomic E-state index is 0.105. The monoisotopic (exact) mass is 339 g/mol. The summed E-state index contributed by atoms with van der Waals surface area (Å²) in [6.07, 6.45) is 5.85. The molecule has 2 aromatic rings. The van der Waals surface area contributed by atoms with Gasteiger partial charge in [0.25, 0.3) is 5.91 Å². The van der Waals surface area contributed by atoms with Gasteiger partial charge in [-0.1, -0.05) is 17.4 Å². The number of aromatic nitrogens is 2. The maximum atomic E-state index is 12.0. The zero-order valence-electron chi connectivity index (χ0n) is 9.85. The molecule has 0 aliphatic carbocycles. The van der Waals surface area contributed by atoms with E-state index in [0.29, 0.717) is 24.8 Å². The Bertz CT molecular complexity index is 668. The molecule has 2 aromatic heterocycles. The van der Waals surface area contributed by atoms with E-state index < -0.39 is 0 Å². The summed E-state index contributed by atoms with van der Waals surface area (Å²) in [4.78, 5) is 20.4. The van der Waals surface area contributed by atoms with Crippen LogP contribution in [-0.4, -0.2) is 29.1 Å². The van der Waals surface area contributed by atoms with E-state index >= 15 is 0 Å². The average molecular weight is 340 g/mol. The van der Waals surface area contributed by atoms with E-state index in [-0.39, 0.29) is 5.91 Å². The number of rotatable bonds is 2. The van der Waals surface area contributed by atoms with Gasteiger partial charge in [-0.15, -0.1) is 0 Å². The first kappa shape index (κ1) is 12.7. The molecule has 5 nitrogen and oxygen atoms in total. The Hall–Kier alpha value is -1.31. The predicted octanol–water partition coefficient (Wildman–Crippen LogP) is 2.74. The Morgan fingerprint density at radius 1 is 1.47 bits per heavy atom. The van der Waals surface area contributed by atoms with Crippen LogP contribution in [0, 0.1) is 0 Å². The number of anilines is 1. The Labute approximate surface area is 121 Å². The fourth-order valence-corrected chi connectivity index (χ4v) is 3.18. The molecule has 7 heteroatoms. The fourth-order valence-electron chi connectivity index (χ4n) is 1.79. The van der Waals surface area contributed by atoms with Crippen LogP contribution in [0.25, 0.3) is 10.2 Å². The maximum absolute atomic E-state index is 12.0. The van der Waals surface area contributed by atoms with Crippen LogP contribution < -0.4 is 5.32 Å². The number of nitrogens with one attached hydrogen (secondary N) is 1. The highest BCUT2D eigenvalue weighted by molar-refractivity contribution is 9.10. The van der Waals surface area contributed by atoms with Crippen LogP contribution in [0.2, 0.25) is 0 Å². The van der Waals surface area contributed by atoms with Crippen molar-refractivity contribution in [2.24, 2.45) is 0 Å². The lowest BCUT2D eigenvalue weighted by atomic mass is 10.1. The van der Waals surface area contributed by atoms with E-state index in [0.717, 1.165) is 20.3 Å². The van der Waals surface area contributed by atoms with Crippen LogP contribution in [0.5, 0.6) is 0 Å². The lowest BCUT2D eigenvalue weighted by molar-refractivity contribution is -0.113. The van der Waals surface area contributed by atoms with Crippen molar-refractivity contribution in [2.75, 3.05) is 18.5 Å². The summed E-state index contributed by atoms with van der Waals surface area (Å²) in [5, 5.41) is 3.41. The van der Waals surface area contributed by atoms with Gasteiger partial charge in [-0.3, -0.25) is 15.1 Å². The number of pyridine rings is 1. The predicted molar refractivity (Wildman–Crippen MR) is 77.3 cm³/mol. The molecule has 1 aliphatic heterocycles. The van der Waals surface area contributed by atoms with Gasteiger partial charge in [0.2, 0.25) is 0 Å². The van der Waals surface area contributed by atoms with Crippen LogP contribution in [0.3, 0.4) is 0 Å². The maximum Gasteiger partial charge on any atom is 0.253 e. The number of halogens is 1. The van der Waals surface area contributed by atoms with E-state index in [1.807, 2.05) is 6.08 Å². The van der Waals surface area contributed by atoms with Gasteiger partial charge in [0, 0.05) is 18.2 Å². The second-order valence-corrected chi connectivity index (χ2v) is 5.85. The number of hydrogen-bond acceptors (Lipinski definition) is 5. The zero-order chi connectivity index (χ0) is 13.2. The lowest BCUT2D eigenvalue weighted by Crippen LogP contribution is -2.18. The van der Waals surface area contributed by atoms with Gasteiger partial charge in [-0.2, -0.15) is 0 Å². The van der Waals surface area contributed by atoms with Crippen LogP contribution >= 0.6 is 27.3 Å². The van der Waals surface area contributed by atoms with Crippen molar-refractivity contribution in [3.05, 3.63) is 28.5 Å². The molecule has 1 aliphatic rings. The Kier molecular flexibility index (Phi) is 3.58. The van der Waals surface area contributed by atoms with Crippen LogP contribution in [0.15, 0.2) is 28.5 Å². The minimum Gasteiger partial charge on any atom is -0.377 e. The summed E-state index contributed by atoms with van der Waals surface area (Å²) in [6.45, 7) is 1.09. The molecule has 19 heavy (non-hydrogen) atoms. The first-order valence-electron chi connectivity index (χ1n) is 5.72. The SMILES string of the molecule is O=C(Nc1nc2cncc(Br)c2s1)C1=CCOCC1. The van der Waals surface area contributed by atoms with Crippen LogP contribution in [0.4, 0.5) is 5.13 Å². The molecule has 1 N–H and O–H groups in total. The number of carbonyl (C=O) groups is 1. The van der Waals surface area contributed by atoms with Crippen molar-refractivity contribution in [3.8, 4) is 0 Å². The highest BCUT2D eigenvalue weighted by atomic mass is 79.9. The topological polar surface area (TPSA) is 64.1 Å². The number of carbonyl (C=O) groups excluding carboxylic acids is 1. The summed E-state index contributed by atoms with van der Waals surface area (Å²) >= 11 is 4.85. The third-order valence-corrected chi connectivity index (χ3v) is 4.61. The fraction of sp³-hybridized carbons (Fsp3) is 0.250. The molecular weight excluding hydrogens is 330 g/mol. The number of ether oxygens (including phenoxy) is 1. The van der Waals surface area contributed by atoms with Crippen molar-refractivity contribution < 1.29 is 9.53 Å². The molecular formula is C12H10BrN3O2S. The molecule has 98 valence electrons. The second kappa shape index (κ2) is 5.36. The molecule has 0 bridgehead atoms. The summed E-state index contributed by atoms with van der Waals surface area (Å²) in [6, 6.07) is 0. The lowest BCUT2D eigenvalue weighted by Gasteiger charge is -2.12. The van der Waals surface area contributed by atoms with Gasteiger partial charge >= 0.3 is 0 Å². The summed E-state index contributed by atoms with van der Waals surface area (Å²) in [5.74, 6) is -0.105. The standard InChI is InChI=1S/C12H10BrN3O2S/c13-8-5-14-6-9-10(8)19-12(15-9)16-11(17)7-1-3-18-4-2-7/h1,5-6H,2-4H2,(H,15,16,17). The third kappa shape index (κ3) is 2.68. The van der Waals surface area contributed by atoms with E-state index in [2.05, 4.69) is 31.2 Å². The summed E-state index contributed by atoms with van der Waals surface area (Å²) in [5.41, 5.74) is 1.53. The second-order valence-electron chi connectivity index (χ2n) is 4.00. The van der Waals surface area contributed by atoms with Gasteiger partial charge < -0.3 is 4.74 Å². The van der Waals surface area contributed by atoms with Crippen molar-refractivity contribution in [2.45, 2.75) is 6.42 Å². The van der Waals surface area contributed by atoms with Gasteiger partial charge in [-0.05, 0) is 15.9 Å². The smallest absolute Gasteiger partial charge is 0.253 e. The van der Waals surface area contributed by atoms with Gasteiger partial charge in [0.15, 0.2) is 5.13 Å². The molecule has 1 amide bonds. The molecule has 0 fully saturated rings. The number of fused-ring (bicyclic) bond motifs is 1. The van der Waals surface area contributed by atoms with Crippen molar-refractivity contribution in [1.29, 1.82) is 0 Å². The molecule has 0 aromatic carbocycles. The van der Waals surface area contributed by atoms with Gasteiger partial charge in [-0.25, -0.2) is 4.98 Å². The van der Waals surface area contributed by atoms with Crippen LogP contribution in [0.1, 0.15) is 6.42 Å². The summed E-state index contributed by atoms with van der Waals surface area (Å²) < 4.78 is 7.04. The van der Waals surface area contributed by atoms with Gasteiger partial charge in [0.1, 0.15) is 5.52 Å². The molecule has 0 saturated carbocycles. The molecule has 3 heterocycles. The quantitative estimate of drug-likeness (QED) is 0.913. The molecule has 0 radical (unpaired) electrons. The van der Waals surface area contributed by atoms with Gasteiger partial charge in [0.05, 0.1) is 28.6 Å². The molecule has 3 rings (SSSR count). The molecule has 0 unspecified atom stereocenters. The Morgan fingerprint density at radius 2 is 2.37 bits per heavy atom. The normalized spacial score (nSPS) is 15.3. The average Bonchev–Trinajstić information content (AvgIpc) is 2.84. The van der Waals surface area contributed by atoms with Crippen molar-refractivity contribution >= 4 is 48.5 Å².